The minimum absolute atomic E-state index is 0.0790. The summed E-state index contributed by atoms with van der Waals surface area (Å²) >= 11 is 3.45. The largest absolute Gasteiger partial charge is 0.492 e. The van der Waals surface area contributed by atoms with Crippen molar-refractivity contribution in [1.29, 1.82) is 0 Å². The normalized spacial score (nSPS) is 18.1. The first kappa shape index (κ1) is 15.4. The molecule has 1 heterocycles. The van der Waals surface area contributed by atoms with E-state index in [1.807, 2.05) is 24.3 Å². The second-order valence-electron chi connectivity index (χ2n) is 6.14. The topological polar surface area (TPSA) is 38.3 Å². The van der Waals surface area contributed by atoms with Crippen molar-refractivity contribution in [2.24, 2.45) is 11.3 Å². The molecule has 0 aromatic heterocycles. The smallest absolute Gasteiger partial charge is 0.226 e. The molecule has 1 aliphatic heterocycles. The number of amides is 1. The lowest BCUT2D eigenvalue weighted by molar-refractivity contribution is -0.126. The number of rotatable bonds is 5. The van der Waals surface area contributed by atoms with E-state index < -0.39 is 0 Å². The molecule has 1 atom stereocenters. The Kier molecular flexibility index (Phi) is 5.08. The highest BCUT2D eigenvalue weighted by atomic mass is 79.9. The van der Waals surface area contributed by atoms with Crippen molar-refractivity contribution in [3.63, 3.8) is 0 Å². The van der Waals surface area contributed by atoms with Crippen molar-refractivity contribution in [2.75, 3.05) is 18.5 Å². The third-order valence-corrected chi connectivity index (χ3v) is 4.16. The minimum Gasteiger partial charge on any atom is -0.492 e. The SMILES string of the molecule is CC(C)(CCBr)CNC(=O)C1COc2ccccc2C1. The zero-order chi connectivity index (χ0) is 14.6. The van der Waals surface area contributed by atoms with Gasteiger partial charge in [0.2, 0.25) is 5.91 Å². The van der Waals surface area contributed by atoms with E-state index in [0.29, 0.717) is 13.2 Å². The average Bonchev–Trinajstić information content (AvgIpc) is 2.44. The first-order chi connectivity index (χ1) is 9.52. The van der Waals surface area contributed by atoms with Crippen molar-refractivity contribution in [2.45, 2.75) is 26.7 Å². The highest BCUT2D eigenvalue weighted by molar-refractivity contribution is 9.09. The van der Waals surface area contributed by atoms with Gasteiger partial charge in [-0.2, -0.15) is 0 Å². The molecular formula is C16H22BrNO2. The van der Waals surface area contributed by atoms with Gasteiger partial charge in [0.1, 0.15) is 12.4 Å². The summed E-state index contributed by atoms with van der Waals surface area (Å²) in [5, 5.41) is 4.02. The molecule has 3 nitrogen and oxygen atoms in total. The van der Waals surface area contributed by atoms with E-state index in [4.69, 9.17) is 4.74 Å². The fraction of sp³-hybridized carbons (Fsp3) is 0.562. The van der Waals surface area contributed by atoms with E-state index in [-0.39, 0.29) is 17.2 Å². The lowest BCUT2D eigenvalue weighted by atomic mass is 9.89. The van der Waals surface area contributed by atoms with Crippen LogP contribution >= 0.6 is 15.9 Å². The molecule has 1 aromatic rings. The Balaban J connectivity index is 1.89. The summed E-state index contributed by atoms with van der Waals surface area (Å²) in [5.41, 5.74) is 1.24. The minimum atomic E-state index is -0.0790. The van der Waals surface area contributed by atoms with Gasteiger partial charge < -0.3 is 10.1 Å². The highest BCUT2D eigenvalue weighted by Gasteiger charge is 2.27. The summed E-state index contributed by atoms with van der Waals surface area (Å²) in [4.78, 5) is 12.3. The monoisotopic (exact) mass is 339 g/mol. The molecule has 1 N–H and O–H groups in total. The lowest BCUT2D eigenvalue weighted by Gasteiger charge is -2.28. The van der Waals surface area contributed by atoms with Gasteiger partial charge in [0.05, 0.1) is 5.92 Å². The molecular weight excluding hydrogens is 318 g/mol. The Bertz CT molecular complexity index is 473. The summed E-state index contributed by atoms with van der Waals surface area (Å²) in [6, 6.07) is 7.94. The maximum absolute atomic E-state index is 12.3. The Hall–Kier alpha value is -1.03. The number of alkyl halides is 1. The second-order valence-corrected chi connectivity index (χ2v) is 6.93. The molecule has 1 aromatic carbocycles. The molecule has 4 heteroatoms. The molecule has 0 spiro atoms. The third-order valence-electron chi connectivity index (χ3n) is 3.76. The Labute approximate surface area is 129 Å². The van der Waals surface area contributed by atoms with Gasteiger partial charge in [-0.05, 0) is 29.9 Å². The fourth-order valence-electron chi connectivity index (χ4n) is 2.31. The van der Waals surface area contributed by atoms with E-state index in [9.17, 15) is 4.79 Å². The zero-order valence-corrected chi connectivity index (χ0v) is 13.7. The molecule has 2 rings (SSSR count). The maximum atomic E-state index is 12.3. The fourth-order valence-corrected chi connectivity index (χ4v) is 3.38. The van der Waals surface area contributed by atoms with Crippen LogP contribution in [0.3, 0.4) is 0 Å². The van der Waals surface area contributed by atoms with Gasteiger partial charge in [-0.1, -0.05) is 48.0 Å². The zero-order valence-electron chi connectivity index (χ0n) is 12.1. The van der Waals surface area contributed by atoms with Gasteiger partial charge >= 0.3 is 0 Å². The van der Waals surface area contributed by atoms with Crippen LogP contribution in [0.5, 0.6) is 5.75 Å². The third kappa shape index (κ3) is 3.98. The van der Waals surface area contributed by atoms with Gasteiger partial charge in [0.25, 0.3) is 0 Å². The van der Waals surface area contributed by atoms with E-state index in [2.05, 4.69) is 35.1 Å². The Morgan fingerprint density at radius 1 is 1.45 bits per heavy atom. The molecule has 0 fully saturated rings. The number of benzene rings is 1. The van der Waals surface area contributed by atoms with Crippen molar-refractivity contribution in [3.05, 3.63) is 29.8 Å². The maximum Gasteiger partial charge on any atom is 0.226 e. The highest BCUT2D eigenvalue weighted by Crippen LogP contribution is 2.27. The molecule has 1 unspecified atom stereocenters. The summed E-state index contributed by atoms with van der Waals surface area (Å²) in [5.74, 6) is 0.933. The number of ether oxygens (including phenoxy) is 1. The number of hydrogen-bond donors (Lipinski definition) is 1. The van der Waals surface area contributed by atoms with E-state index in [1.165, 1.54) is 0 Å². The van der Waals surface area contributed by atoms with Crippen LogP contribution in [0.2, 0.25) is 0 Å². The molecule has 20 heavy (non-hydrogen) atoms. The predicted octanol–water partition coefficient (Wildman–Crippen LogP) is 3.17. The van der Waals surface area contributed by atoms with Gasteiger partial charge in [0, 0.05) is 11.9 Å². The van der Waals surface area contributed by atoms with Crippen LogP contribution in [-0.4, -0.2) is 24.4 Å². The van der Waals surface area contributed by atoms with E-state index in [0.717, 1.165) is 29.5 Å². The summed E-state index contributed by atoms with van der Waals surface area (Å²) < 4.78 is 5.67. The summed E-state index contributed by atoms with van der Waals surface area (Å²) in [6.45, 7) is 5.51. The van der Waals surface area contributed by atoms with Crippen molar-refractivity contribution < 1.29 is 9.53 Å². The molecule has 1 amide bonds. The Morgan fingerprint density at radius 2 is 2.20 bits per heavy atom. The van der Waals surface area contributed by atoms with E-state index in [1.54, 1.807) is 0 Å². The van der Waals surface area contributed by atoms with Crippen molar-refractivity contribution >= 4 is 21.8 Å². The molecule has 1 aliphatic rings. The number of carbonyl (C=O) groups excluding carboxylic acids is 1. The second kappa shape index (κ2) is 6.61. The van der Waals surface area contributed by atoms with Crippen LogP contribution in [0.4, 0.5) is 0 Å². The van der Waals surface area contributed by atoms with Gasteiger partial charge in [-0.3, -0.25) is 4.79 Å². The number of halogens is 1. The van der Waals surface area contributed by atoms with E-state index >= 15 is 0 Å². The number of fused-ring (bicyclic) bond motifs is 1. The molecule has 0 aliphatic carbocycles. The molecule has 110 valence electrons. The molecule has 0 bridgehead atoms. The van der Waals surface area contributed by atoms with Crippen LogP contribution in [0.25, 0.3) is 0 Å². The van der Waals surface area contributed by atoms with Crippen LogP contribution in [0.1, 0.15) is 25.8 Å². The van der Waals surface area contributed by atoms with Crippen molar-refractivity contribution in [3.8, 4) is 5.75 Å². The quantitative estimate of drug-likeness (QED) is 0.836. The number of carbonyl (C=O) groups is 1. The van der Waals surface area contributed by atoms with Crippen molar-refractivity contribution in [1.82, 2.24) is 5.32 Å². The van der Waals surface area contributed by atoms with Crippen LogP contribution in [-0.2, 0) is 11.2 Å². The number of nitrogens with one attached hydrogen (secondary N) is 1. The van der Waals surface area contributed by atoms with Gasteiger partial charge in [-0.15, -0.1) is 0 Å². The van der Waals surface area contributed by atoms with Gasteiger partial charge in [0.15, 0.2) is 0 Å². The number of hydrogen-bond acceptors (Lipinski definition) is 2. The summed E-state index contributed by atoms with van der Waals surface area (Å²) in [7, 11) is 0. The first-order valence-corrected chi connectivity index (χ1v) is 8.18. The molecule has 0 radical (unpaired) electrons. The summed E-state index contributed by atoms with van der Waals surface area (Å²) in [6.07, 6.45) is 1.80. The lowest BCUT2D eigenvalue weighted by Crippen LogP contribution is -2.41. The van der Waals surface area contributed by atoms with Crippen LogP contribution in [0, 0.1) is 11.3 Å². The average molecular weight is 340 g/mol. The van der Waals surface area contributed by atoms with Gasteiger partial charge in [-0.25, -0.2) is 0 Å². The first-order valence-electron chi connectivity index (χ1n) is 7.06. The molecule has 0 saturated carbocycles. The van der Waals surface area contributed by atoms with Crippen LogP contribution in [0.15, 0.2) is 24.3 Å². The Morgan fingerprint density at radius 3 is 2.95 bits per heavy atom. The number of para-hydroxylation sites is 1. The van der Waals surface area contributed by atoms with Crippen LogP contribution < -0.4 is 10.1 Å². The standard InChI is InChI=1S/C16H22BrNO2/c1-16(2,7-8-17)11-18-15(19)13-9-12-5-3-4-6-14(12)20-10-13/h3-6,13H,7-11H2,1-2H3,(H,18,19). The predicted molar refractivity (Wildman–Crippen MR) is 84.3 cm³/mol. The molecule has 0 saturated heterocycles.